The van der Waals surface area contributed by atoms with Gasteiger partial charge in [-0.2, -0.15) is 0 Å². The predicted octanol–water partition coefficient (Wildman–Crippen LogP) is 1.42. The molecule has 0 atom stereocenters. The highest BCUT2D eigenvalue weighted by Gasteiger charge is 2.03. The van der Waals surface area contributed by atoms with E-state index in [9.17, 15) is 0 Å². The maximum atomic E-state index is 8.71. The van der Waals surface area contributed by atoms with Crippen molar-refractivity contribution in [1.29, 1.82) is 0 Å². The number of aromatic amines is 1. The second kappa shape index (κ2) is 3.58. The summed E-state index contributed by atoms with van der Waals surface area (Å²) in [6.45, 7) is 4.46. The van der Waals surface area contributed by atoms with Crippen LogP contribution in [0, 0.1) is 6.92 Å². The lowest BCUT2D eigenvalue weighted by Crippen LogP contribution is -1.93. The van der Waals surface area contributed by atoms with Crippen molar-refractivity contribution in [1.82, 2.24) is 4.98 Å². The molecule has 62 valence electrons. The van der Waals surface area contributed by atoms with Crippen LogP contribution in [0.3, 0.4) is 0 Å². The van der Waals surface area contributed by atoms with Crippen LogP contribution in [-0.2, 0) is 12.8 Å². The second-order valence-electron chi connectivity index (χ2n) is 2.74. The van der Waals surface area contributed by atoms with E-state index in [4.69, 9.17) is 5.11 Å². The van der Waals surface area contributed by atoms with Gasteiger partial charge in [-0.25, -0.2) is 0 Å². The summed E-state index contributed by atoms with van der Waals surface area (Å²) in [6, 6.07) is 0. The zero-order chi connectivity index (χ0) is 8.27. The highest BCUT2D eigenvalue weighted by atomic mass is 16.3. The van der Waals surface area contributed by atoms with Gasteiger partial charge in [0.1, 0.15) is 0 Å². The molecule has 2 heteroatoms. The van der Waals surface area contributed by atoms with E-state index in [2.05, 4.69) is 18.8 Å². The largest absolute Gasteiger partial charge is 0.396 e. The van der Waals surface area contributed by atoms with E-state index < -0.39 is 0 Å². The van der Waals surface area contributed by atoms with Gasteiger partial charge in [0, 0.05) is 24.9 Å². The van der Waals surface area contributed by atoms with Crippen molar-refractivity contribution >= 4 is 0 Å². The number of nitrogens with one attached hydrogen (secondary N) is 1. The summed E-state index contributed by atoms with van der Waals surface area (Å²) >= 11 is 0. The molecule has 1 aromatic heterocycles. The van der Waals surface area contributed by atoms with Crippen LogP contribution in [0.15, 0.2) is 6.20 Å². The molecular weight excluding hydrogens is 138 g/mol. The zero-order valence-corrected chi connectivity index (χ0v) is 7.15. The molecule has 2 N–H and O–H groups in total. The first kappa shape index (κ1) is 8.34. The van der Waals surface area contributed by atoms with Gasteiger partial charge in [-0.3, -0.25) is 0 Å². The van der Waals surface area contributed by atoms with Gasteiger partial charge in [0.05, 0.1) is 0 Å². The maximum absolute atomic E-state index is 8.71. The summed E-state index contributed by atoms with van der Waals surface area (Å²) in [6.07, 6.45) is 3.83. The summed E-state index contributed by atoms with van der Waals surface area (Å²) in [4.78, 5) is 3.17. The highest BCUT2D eigenvalue weighted by molar-refractivity contribution is 5.29. The Kier molecular flexibility index (Phi) is 2.71. The third-order valence-corrected chi connectivity index (χ3v) is 2.10. The number of hydrogen-bond donors (Lipinski definition) is 2. The van der Waals surface area contributed by atoms with Gasteiger partial charge in [-0.15, -0.1) is 0 Å². The normalized spacial score (nSPS) is 10.5. The van der Waals surface area contributed by atoms with E-state index in [0.29, 0.717) is 0 Å². The summed E-state index contributed by atoms with van der Waals surface area (Å²) in [5.41, 5.74) is 3.83. The summed E-state index contributed by atoms with van der Waals surface area (Å²) in [5, 5.41) is 8.71. The van der Waals surface area contributed by atoms with Crippen molar-refractivity contribution in [2.45, 2.75) is 26.7 Å². The Hall–Kier alpha value is -0.760. The average molecular weight is 153 g/mol. The minimum Gasteiger partial charge on any atom is -0.396 e. The molecule has 0 radical (unpaired) electrons. The van der Waals surface area contributed by atoms with Crippen LogP contribution in [0.5, 0.6) is 0 Å². The molecular formula is C9H15NO. The summed E-state index contributed by atoms with van der Waals surface area (Å²) in [5.74, 6) is 0. The van der Waals surface area contributed by atoms with Crippen LogP contribution in [-0.4, -0.2) is 16.7 Å². The van der Waals surface area contributed by atoms with Gasteiger partial charge >= 0.3 is 0 Å². The number of aliphatic hydroxyl groups excluding tert-OH is 1. The van der Waals surface area contributed by atoms with Gasteiger partial charge in [-0.05, 0) is 24.5 Å². The van der Waals surface area contributed by atoms with Gasteiger partial charge < -0.3 is 10.1 Å². The molecule has 11 heavy (non-hydrogen) atoms. The fourth-order valence-corrected chi connectivity index (χ4v) is 1.32. The molecule has 0 saturated carbocycles. The minimum atomic E-state index is 0.227. The number of rotatable bonds is 3. The monoisotopic (exact) mass is 153 g/mol. The van der Waals surface area contributed by atoms with Crippen LogP contribution >= 0.6 is 0 Å². The smallest absolute Gasteiger partial charge is 0.0485 e. The molecule has 0 amide bonds. The van der Waals surface area contributed by atoms with Crippen molar-refractivity contribution in [3.8, 4) is 0 Å². The topological polar surface area (TPSA) is 36.0 Å². The number of aliphatic hydroxyl groups is 1. The number of aromatic nitrogens is 1. The average Bonchev–Trinajstić information content (AvgIpc) is 2.34. The molecule has 1 rings (SSSR count). The third kappa shape index (κ3) is 1.63. The predicted molar refractivity (Wildman–Crippen MR) is 45.7 cm³/mol. The molecule has 0 saturated heterocycles. The molecule has 0 spiro atoms. The first-order chi connectivity index (χ1) is 5.29. The number of hydrogen-bond acceptors (Lipinski definition) is 1. The molecule has 1 heterocycles. The Bertz CT molecular complexity index is 227. The third-order valence-electron chi connectivity index (χ3n) is 2.10. The molecule has 0 aromatic carbocycles. The molecule has 0 fully saturated rings. The maximum Gasteiger partial charge on any atom is 0.0485 e. The van der Waals surface area contributed by atoms with Gasteiger partial charge in [-0.1, -0.05) is 6.92 Å². The zero-order valence-electron chi connectivity index (χ0n) is 7.15. The quantitative estimate of drug-likeness (QED) is 0.677. The van der Waals surface area contributed by atoms with Crippen LogP contribution in [0.1, 0.15) is 23.7 Å². The second-order valence-corrected chi connectivity index (χ2v) is 2.74. The first-order valence-corrected chi connectivity index (χ1v) is 4.06. The minimum absolute atomic E-state index is 0.227. The molecule has 0 aliphatic rings. The van der Waals surface area contributed by atoms with Crippen molar-refractivity contribution in [2.75, 3.05) is 6.61 Å². The molecule has 0 unspecified atom stereocenters. The Labute approximate surface area is 67.3 Å². The SMILES string of the molecule is CCc1c[nH]c(CCO)c1C. The standard InChI is InChI=1S/C9H15NO/c1-3-8-6-10-9(4-5-11)7(8)2/h6,10-11H,3-5H2,1-2H3. The lowest BCUT2D eigenvalue weighted by Gasteiger charge is -1.96. The lowest BCUT2D eigenvalue weighted by atomic mass is 10.1. The van der Waals surface area contributed by atoms with E-state index in [1.54, 1.807) is 0 Å². The van der Waals surface area contributed by atoms with E-state index >= 15 is 0 Å². The Morgan fingerprint density at radius 3 is 2.73 bits per heavy atom. The van der Waals surface area contributed by atoms with Crippen molar-refractivity contribution in [2.24, 2.45) is 0 Å². The fraction of sp³-hybridized carbons (Fsp3) is 0.556. The summed E-state index contributed by atoms with van der Waals surface area (Å²) < 4.78 is 0. The van der Waals surface area contributed by atoms with Crippen molar-refractivity contribution in [3.05, 3.63) is 23.0 Å². The number of H-pyrrole nitrogens is 1. The van der Waals surface area contributed by atoms with Crippen molar-refractivity contribution < 1.29 is 5.11 Å². The molecule has 0 bridgehead atoms. The Morgan fingerprint density at radius 2 is 2.27 bits per heavy atom. The Balaban J connectivity index is 2.82. The van der Waals surface area contributed by atoms with E-state index in [-0.39, 0.29) is 6.61 Å². The van der Waals surface area contributed by atoms with Gasteiger partial charge in [0.25, 0.3) is 0 Å². The highest BCUT2D eigenvalue weighted by Crippen LogP contribution is 2.13. The van der Waals surface area contributed by atoms with Crippen LogP contribution in [0.25, 0.3) is 0 Å². The van der Waals surface area contributed by atoms with Crippen LogP contribution < -0.4 is 0 Å². The van der Waals surface area contributed by atoms with Crippen LogP contribution in [0.2, 0.25) is 0 Å². The van der Waals surface area contributed by atoms with Gasteiger partial charge in [0.15, 0.2) is 0 Å². The molecule has 2 nitrogen and oxygen atoms in total. The Morgan fingerprint density at radius 1 is 1.55 bits per heavy atom. The number of aryl methyl sites for hydroxylation is 1. The molecule has 0 aliphatic carbocycles. The summed E-state index contributed by atoms with van der Waals surface area (Å²) in [7, 11) is 0. The fourth-order valence-electron chi connectivity index (χ4n) is 1.32. The van der Waals surface area contributed by atoms with E-state index in [1.807, 2.05) is 6.20 Å². The van der Waals surface area contributed by atoms with Gasteiger partial charge in [0.2, 0.25) is 0 Å². The lowest BCUT2D eigenvalue weighted by molar-refractivity contribution is 0.298. The van der Waals surface area contributed by atoms with E-state index in [1.165, 1.54) is 16.8 Å². The first-order valence-electron chi connectivity index (χ1n) is 4.06. The molecule has 1 aromatic rings. The van der Waals surface area contributed by atoms with Crippen LogP contribution in [0.4, 0.5) is 0 Å². The molecule has 0 aliphatic heterocycles. The van der Waals surface area contributed by atoms with E-state index in [0.717, 1.165) is 12.8 Å². The van der Waals surface area contributed by atoms with Crippen molar-refractivity contribution in [3.63, 3.8) is 0 Å².